The molecule has 0 fully saturated rings. The molecule has 0 radical (unpaired) electrons. The number of nitrogens with zero attached hydrogens (tertiary/aromatic N) is 2. The second kappa shape index (κ2) is 10.0. The number of rotatable bonds is 10. The molecule has 0 spiro atoms. The minimum atomic E-state index is -3.71. The first kappa shape index (κ1) is 22.6. The van der Waals surface area contributed by atoms with E-state index in [0.29, 0.717) is 13.1 Å². The second-order valence-electron chi connectivity index (χ2n) is 5.60. The summed E-state index contributed by atoms with van der Waals surface area (Å²) < 4.78 is 26.4. The lowest BCUT2D eigenvalue weighted by atomic mass is 10.2. The summed E-state index contributed by atoms with van der Waals surface area (Å²) in [6, 6.07) is 5.55. The van der Waals surface area contributed by atoms with E-state index in [-0.39, 0.29) is 23.5 Å². The Morgan fingerprint density at radius 2 is 1.70 bits per heavy atom. The zero-order chi connectivity index (χ0) is 20.6. The molecule has 10 heteroatoms. The molecule has 0 atom stereocenters. The monoisotopic (exact) mass is 399 g/mol. The lowest BCUT2D eigenvalue weighted by Crippen LogP contribution is -2.42. The van der Waals surface area contributed by atoms with Crippen LogP contribution in [0.4, 0.5) is 0 Å². The number of carbonyl (C=O) groups excluding carboxylic acids is 2. The van der Waals surface area contributed by atoms with Crippen molar-refractivity contribution in [3.63, 3.8) is 0 Å². The molecule has 1 aromatic rings. The van der Waals surface area contributed by atoms with E-state index in [4.69, 9.17) is 5.11 Å². The summed E-state index contributed by atoms with van der Waals surface area (Å²) in [5.41, 5.74) is 0.0947. The fourth-order valence-corrected chi connectivity index (χ4v) is 3.92. The van der Waals surface area contributed by atoms with Gasteiger partial charge >= 0.3 is 5.97 Å². The van der Waals surface area contributed by atoms with Crippen LogP contribution >= 0.6 is 0 Å². The maximum atomic E-state index is 12.5. The number of carboxylic acid groups (broad SMARTS) is 1. The summed E-state index contributed by atoms with van der Waals surface area (Å²) in [6.45, 7) is 5.04. The average Bonchev–Trinajstić information content (AvgIpc) is 2.64. The first-order chi connectivity index (χ1) is 12.7. The predicted octanol–water partition coefficient (Wildman–Crippen LogP) is 0.380. The van der Waals surface area contributed by atoms with Crippen molar-refractivity contribution in [3.8, 4) is 0 Å². The number of carboxylic acids is 1. The van der Waals surface area contributed by atoms with Gasteiger partial charge in [-0.1, -0.05) is 19.9 Å². The molecule has 1 rings (SSSR count). The van der Waals surface area contributed by atoms with Crippen LogP contribution < -0.4 is 5.32 Å². The van der Waals surface area contributed by atoms with Crippen molar-refractivity contribution in [2.45, 2.75) is 25.7 Å². The lowest BCUT2D eigenvalue weighted by Gasteiger charge is -2.19. The van der Waals surface area contributed by atoms with Gasteiger partial charge in [0.25, 0.3) is 5.91 Å². The van der Waals surface area contributed by atoms with Crippen LogP contribution in [-0.4, -0.2) is 73.2 Å². The molecule has 0 heterocycles. The number of hydrogen-bond acceptors (Lipinski definition) is 5. The normalized spacial score (nSPS) is 11.3. The smallest absolute Gasteiger partial charge is 0.323 e. The quantitative estimate of drug-likeness (QED) is 0.586. The molecule has 0 bridgehead atoms. The van der Waals surface area contributed by atoms with E-state index in [1.165, 1.54) is 28.6 Å². The zero-order valence-corrected chi connectivity index (χ0v) is 16.5. The maximum absolute atomic E-state index is 12.5. The van der Waals surface area contributed by atoms with Gasteiger partial charge in [0.05, 0.1) is 11.4 Å². The van der Waals surface area contributed by atoms with Crippen molar-refractivity contribution in [1.29, 1.82) is 0 Å². The Morgan fingerprint density at radius 1 is 1.07 bits per heavy atom. The van der Waals surface area contributed by atoms with Crippen LogP contribution in [0.3, 0.4) is 0 Å². The van der Waals surface area contributed by atoms with E-state index < -0.39 is 34.4 Å². The van der Waals surface area contributed by atoms with Gasteiger partial charge in [0, 0.05) is 25.2 Å². The summed E-state index contributed by atoms with van der Waals surface area (Å²) in [5, 5.41) is 11.2. The Kier molecular flexibility index (Phi) is 8.38. The number of carbonyl (C=O) groups is 3. The van der Waals surface area contributed by atoms with Crippen molar-refractivity contribution in [2.75, 3.05) is 32.7 Å². The minimum Gasteiger partial charge on any atom is -0.480 e. The number of amides is 2. The Morgan fingerprint density at radius 3 is 2.22 bits per heavy atom. The van der Waals surface area contributed by atoms with E-state index in [2.05, 4.69) is 5.32 Å². The van der Waals surface area contributed by atoms with Gasteiger partial charge < -0.3 is 15.3 Å². The van der Waals surface area contributed by atoms with E-state index in [0.717, 1.165) is 4.90 Å². The van der Waals surface area contributed by atoms with Crippen molar-refractivity contribution < 1.29 is 27.9 Å². The molecule has 2 amide bonds. The van der Waals surface area contributed by atoms with Crippen molar-refractivity contribution in [1.82, 2.24) is 14.5 Å². The molecule has 0 saturated carbocycles. The van der Waals surface area contributed by atoms with Crippen LogP contribution in [0.1, 0.15) is 31.1 Å². The van der Waals surface area contributed by atoms with E-state index >= 15 is 0 Å². The molecular weight excluding hydrogens is 374 g/mol. The molecule has 2 N–H and O–H groups in total. The molecule has 0 aliphatic heterocycles. The highest BCUT2D eigenvalue weighted by molar-refractivity contribution is 7.89. The largest absolute Gasteiger partial charge is 0.480 e. The van der Waals surface area contributed by atoms with Gasteiger partial charge in [0.1, 0.15) is 6.54 Å². The van der Waals surface area contributed by atoms with Crippen LogP contribution in [-0.2, 0) is 19.6 Å². The number of likely N-dealkylation sites (N-methyl/N-ethyl adjacent to an activating group) is 1. The third kappa shape index (κ3) is 6.04. The minimum absolute atomic E-state index is 0.00811. The fraction of sp³-hybridized carbons (Fsp3) is 0.471. The van der Waals surface area contributed by atoms with E-state index in [1.807, 2.05) is 0 Å². The van der Waals surface area contributed by atoms with Gasteiger partial charge in [-0.3, -0.25) is 14.4 Å². The third-order valence-electron chi connectivity index (χ3n) is 3.90. The van der Waals surface area contributed by atoms with Crippen LogP contribution in [0.25, 0.3) is 0 Å². The average molecular weight is 399 g/mol. The Labute approximate surface area is 159 Å². The van der Waals surface area contributed by atoms with Crippen molar-refractivity contribution in [3.05, 3.63) is 29.8 Å². The number of aliphatic carboxylic acids is 1. The molecule has 0 aromatic heterocycles. The molecule has 27 heavy (non-hydrogen) atoms. The number of nitrogens with one attached hydrogen (secondary N) is 1. The maximum Gasteiger partial charge on any atom is 0.323 e. The van der Waals surface area contributed by atoms with E-state index in [9.17, 15) is 22.8 Å². The highest BCUT2D eigenvalue weighted by Gasteiger charge is 2.23. The molecular formula is C17H25N3O6S. The fourth-order valence-electron chi connectivity index (χ4n) is 2.42. The lowest BCUT2D eigenvalue weighted by molar-refractivity contribution is -0.143. The topological polar surface area (TPSA) is 124 Å². The van der Waals surface area contributed by atoms with Crippen LogP contribution in [0.5, 0.6) is 0 Å². The Hall–Kier alpha value is -2.46. The van der Waals surface area contributed by atoms with Crippen LogP contribution in [0.15, 0.2) is 29.2 Å². The molecule has 9 nitrogen and oxygen atoms in total. The Balaban J connectivity index is 2.88. The molecule has 0 saturated heterocycles. The summed E-state index contributed by atoms with van der Waals surface area (Å²) in [7, 11) is -3.71. The third-order valence-corrected chi connectivity index (χ3v) is 5.95. The first-order valence-corrected chi connectivity index (χ1v) is 9.99. The van der Waals surface area contributed by atoms with Gasteiger partial charge in [-0.25, -0.2) is 8.42 Å². The Bertz CT molecular complexity index is 790. The molecule has 0 aliphatic rings. The first-order valence-electron chi connectivity index (χ1n) is 8.55. The van der Waals surface area contributed by atoms with E-state index in [1.54, 1.807) is 20.8 Å². The zero-order valence-electron chi connectivity index (χ0n) is 15.6. The number of hydrogen-bond donors (Lipinski definition) is 2. The number of sulfonamides is 1. The summed E-state index contributed by atoms with van der Waals surface area (Å²) >= 11 is 0. The second-order valence-corrected chi connectivity index (χ2v) is 7.54. The molecule has 1 aromatic carbocycles. The standard InChI is InChI=1S/C17H25N3O6S/c1-4-19(12-16(22)23)15(21)11-18-17(24)13-8-7-9-14(10-13)27(25,26)20(5-2)6-3/h7-10H,4-6,11-12H2,1-3H3,(H,18,24)(H,22,23). The predicted molar refractivity (Wildman–Crippen MR) is 98.8 cm³/mol. The molecule has 150 valence electrons. The van der Waals surface area contributed by atoms with Crippen molar-refractivity contribution in [2.24, 2.45) is 0 Å². The molecule has 0 unspecified atom stereocenters. The number of benzene rings is 1. The van der Waals surface area contributed by atoms with Crippen LogP contribution in [0.2, 0.25) is 0 Å². The van der Waals surface area contributed by atoms with Gasteiger partial charge in [-0.2, -0.15) is 4.31 Å². The van der Waals surface area contributed by atoms with Gasteiger partial charge in [0.2, 0.25) is 15.9 Å². The summed E-state index contributed by atoms with van der Waals surface area (Å²) in [4.78, 5) is 36.1. The SMILES string of the molecule is CCN(CC(=O)O)C(=O)CNC(=O)c1cccc(S(=O)(=O)N(CC)CC)c1. The molecule has 0 aliphatic carbocycles. The van der Waals surface area contributed by atoms with Gasteiger partial charge in [-0.05, 0) is 25.1 Å². The van der Waals surface area contributed by atoms with Gasteiger partial charge in [-0.15, -0.1) is 0 Å². The summed E-state index contributed by atoms with van der Waals surface area (Å²) in [5.74, 6) is -2.31. The highest BCUT2D eigenvalue weighted by Crippen LogP contribution is 2.17. The van der Waals surface area contributed by atoms with Crippen LogP contribution in [0, 0.1) is 0 Å². The van der Waals surface area contributed by atoms with Gasteiger partial charge in [0.15, 0.2) is 0 Å². The highest BCUT2D eigenvalue weighted by atomic mass is 32.2. The van der Waals surface area contributed by atoms with Crippen molar-refractivity contribution >= 4 is 27.8 Å². The summed E-state index contributed by atoms with van der Waals surface area (Å²) in [6.07, 6.45) is 0.